The van der Waals surface area contributed by atoms with E-state index in [1.54, 1.807) is 12.4 Å². The number of amides is 1. The van der Waals surface area contributed by atoms with Crippen LogP contribution in [0.2, 0.25) is 5.02 Å². The zero-order valence-corrected chi connectivity index (χ0v) is 13.0. The molecule has 1 saturated heterocycles. The molecule has 3 rings (SSSR count). The Kier molecular flexibility index (Phi) is 4.31. The lowest BCUT2D eigenvalue weighted by molar-refractivity contribution is -0.126. The topological polar surface area (TPSA) is 48.5 Å². The second kappa shape index (κ2) is 6.20. The SMILES string of the molecule is C[C@@H](C(=O)NC1CC1)N1CCN(c2ccncc2Cl)CC1. The van der Waals surface area contributed by atoms with Crippen molar-refractivity contribution in [1.82, 2.24) is 15.2 Å². The number of pyridine rings is 1. The average Bonchev–Trinajstić information content (AvgIpc) is 3.31. The van der Waals surface area contributed by atoms with Crippen LogP contribution in [0.5, 0.6) is 0 Å². The number of piperazine rings is 1. The summed E-state index contributed by atoms with van der Waals surface area (Å²) in [5.41, 5.74) is 1.03. The second-order valence-electron chi connectivity index (χ2n) is 5.81. The molecule has 0 bridgehead atoms. The van der Waals surface area contributed by atoms with Gasteiger partial charge >= 0.3 is 0 Å². The molecule has 5 nitrogen and oxygen atoms in total. The summed E-state index contributed by atoms with van der Waals surface area (Å²) in [4.78, 5) is 20.6. The van der Waals surface area contributed by atoms with E-state index >= 15 is 0 Å². The number of hydrogen-bond donors (Lipinski definition) is 1. The third-order valence-corrected chi connectivity index (χ3v) is 4.55. The van der Waals surface area contributed by atoms with Gasteiger partial charge in [-0.25, -0.2) is 0 Å². The van der Waals surface area contributed by atoms with E-state index in [0.29, 0.717) is 11.1 Å². The minimum absolute atomic E-state index is 0.0549. The normalized spacial score (nSPS) is 21.1. The summed E-state index contributed by atoms with van der Waals surface area (Å²) in [7, 11) is 0. The largest absolute Gasteiger partial charge is 0.368 e. The fraction of sp³-hybridized carbons (Fsp3) is 0.600. The van der Waals surface area contributed by atoms with Crippen molar-refractivity contribution in [2.45, 2.75) is 31.8 Å². The highest BCUT2D eigenvalue weighted by Crippen LogP contribution is 2.25. The number of halogens is 1. The molecule has 1 aliphatic carbocycles. The monoisotopic (exact) mass is 308 g/mol. The van der Waals surface area contributed by atoms with Gasteiger partial charge in [0.2, 0.25) is 5.91 Å². The van der Waals surface area contributed by atoms with Gasteiger partial charge in [0.25, 0.3) is 0 Å². The van der Waals surface area contributed by atoms with Gasteiger partial charge in [-0.15, -0.1) is 0 Å². The Morgan fingerprint density at radius 3 is 2.71 bits per heavy atom. The van der Waals surface area contributed by atoms with Crippen molar-refractivity contribution in [2.75, 3.05) is 31.1 Å². The molecule has 1 aromatic rings. The quantitative estimate of drug-likeness (QED) is 0.916. The molecule has 21 heavy (non-hydrogen) atoms. The molecule has 2 heterocycles. The second-order valence-corrected chi connectivity index (χ2v) is 6.22. The van der Waals surface area contributed by atoms with E-state index in [1.807, 2.05) is 13.0 Å². The number of anilines is 1. The van der Waals surface area contributed by atoms with Gasteiger partial charge in [0.05, 0.1) is 16.8 Å². The molecule has 6 heteroatoms. The highest BCUT2D eigenvalue weighted by Gasteiger charge is 2.30. The molecule has 1 aromatic heterocycles. The summed E-state index contributed by atoms with van der Waals surface area (Å²) in [6, 6.07) is 2.32. The Morgan fingerprint density at radius 2 is 2.10 bits per heavy atom. The van der Waals surface area contributed by atoms with Crippen LogP contribution in [0.3, 0.4) is 0 Å². The Labute approximate surface area is 130 Å². The summed E-state index contributed by atoms with van der Waals surface area (Å²) >= 11 is 6.19. The van der Waals surface area contributed by atoms with Crippen LogP contribution < -0.4 is 10.2 Å². The smallest absolute Gasteiger partial charge is 0.237 e. The molecule has 1 aliphatic heterocycles. The fourth-order valence-electron chi connectivity index (χ4n) is 2.69. The van der Waals surface area contributed by atoms with E-state index < -0.39 is 0 Å². The number of aromatic nitrogens is 1. The number of rotatable bonds is 4. The molecule has 2 fully saturated rings. The van der Waals surface area contributed by atoms with E-state index in [0.717, 1.165) is 44.7 Å². The third kappa shape index (κ3) is 3.47. The van der Waals surface area contributed by atoms with E-state index in [9.17, 15) is 4.79 Å². The summed E-state index contributed by atoms with van der Waals surface area (Å²) in [5, 5.41) is 3.76. The van der Waals surface area contributed by atoms with Crippen LogP contribution in [0.4, 0.5) is 5.69 Å². The maximum Gasteiger partial charge on any atom is 0.237 e. The number of nitrogens with one attached hydrogen (secondary N) is 1. The van der Waals surface area contributed by atoms with Crippen LogP contribution in [0.25, 0.3) is 0 Å². The van der Waals surface area contributed by atoms with Crippen LogP contribution in [-0.4, -0.2) is 54.1 Å². The average molecular weight is 309 g/mol. The zero-order chi connectivity index (χ0) is 14.8. The van der Waals surface area contributed by atoms with E-state index in [-0.39, 0.29) is 11.9 Å². The number of hydrogen-bond acceptors (Lipinski definition) is 4. The van der Waals surface area contributed by atoms with Crippen molar-refractivity contribution in [2.24, 2.45) is 0 Å². The molecular weight excluding hydrogens is 288 g/mol. The van der Waals surface area contributed by atoms with Crippen molar-refractivity contribution in [3.8, 4) is 0 Å². The van der Waals surface area contributed by atoms with Gasteiger partial charge < -0.3 is 10.2 Å². The number of carbonyl (C=O) groups excluding carboxylic acids is 1. The first-order valence-electron chi connectivity index (χ1n) is 7.54. The molecule has 0 spiro atoms. The van der Waals surface area contributed by atoms with Gasteiger partial charge in [0.1, 0.15) is 0 Å². The zero-order valence-electron chi connectivity index (χ0n) is 12.3. The van der Waals surface area contributed by atoms with Gasteiger partial charge in [-0.3, -0.25) is 14.7 Å². The minimum Gasteiger partial charge on any atom is -0.368 e. The van der Waals surface area contributed by atoms with Crippen molar-refractivity contribution >= 4 is 23.2 Å². The Balaban J connectivity index is 1.54. The van der Waals surface area contributed by atoms with Gasteiger partial charge in [-0.2, -0.15) is 0 Å². The molecule has 0 unspecified atom stereocenters. The molecule has 114 valence electrons. The molecule has 1 amide bonds. The van der Waals surface area contributed by atoms with E-state index in [2.05, 4.69) is 20.1 Å². The van der Waals surface area contributed by atoms with Crippen LogP contribution >= 0.6 is 11.6 Å². The first kappa shape index (κ1) is 14.6. The Bertz CT molecular complexity index is 512. The lowest BCUT2D eigenvalue weighted by Crippen LogP contribution is -2.54. The lowest BCUT2D eigenvalue weighted by atomic mass is 10.2. The molecule has 1 N–H and O–H groups in total. The van der Waals surface area contributed by atoms with Crippen molar-refractivity contribution in [3.63, 3.8) is 0 Å². The van der Waals surface area contributed by atoms with Crippen LogP contribution in [0, 0.1) is 0 Å². The van der Waals surface area contributed by atoms with Crippen LogP contribution in [-0.2, 0) is 4.79 Å². The van der Waals surface area contributed by atoms with Gasteiger partial charge in [-0.1, -0.05) is 11.6 Å². The summed E-state index contributed by atoms with van der Waals surface area (Å²) < 4.78 is 0. The first-order valence-corrected chi connectivity index (χ1v) is 7.92. The van der Waals surface area contributed by atoms with Gasteiger partial charge in [0.15, 0.2) is 0 Å². The fourth-order valence-corrected chi connectivity index (χ4v) is 2.93. The molecule has 0 aromatic carbocycles. The molecule has 1 saturated carbocycles. The maximum absolute atomic E-state index is 12.1. The highest BCUT2D eigenvalue weighted by atomic mass is 35.5. The summed E-state index contributed by atoms with van der Waals surface area (Å²) in [5.74, 6) is 0.160. The molecule has 0 radical (unpaired) electrons. The van der Waals surface area contributed by atoms with Crippen molar-refractivity contribution in [1.29, 1.82) is 0 Å². The van der Waals surface area contributed by atoms with Crippen molar-refractivity contribution < 1.29 is 4.79 Å². The first-order chi connectivity index (χ1) is 10.1. The number of carbonyl (C=O) groups is 1. The molecule has 2 aliphatic rings. The summed E-state index contributed by atoms with van der Waals surface area (Å²) in [6.45, 7) is 5.50. The Hall–Kier alpha value is -1.33. The van der Waals surface area contributed by atoms with Crippen LogP contribution in [0.1, 0.15) is 19.8 Å². The van der Waals surface area contributed by atoms with Gasteiger partial charge in [0, 0.05) is 44.6 Å². The Morgan fingerprint density at radius 1 is 1.38 bits per heavy atom. The maximum atomic E-state index is 12.1. The summed E-state index contributed by atoms with van der Waals surface area (Å²) in [6.07, 6.45) is 5.70. The van der Waals surface area contributed by atoms with E-state index in [1.165, 1.54) is 0 Å². The predicted octanol–water partition coefficient (Wildman–Crippen LogP) is 1.52. The lowest BCUT2D eigenvalue weighted by Gasteiger charge is -2.38. The van der Waals surface area contributed by atoms with Crippen molar-refractivity contribution in [3.05, 3.63) is 23.5 Å². The number of nitrogens with zero attached hydrogens (tertiary/aromatic N) is 3. The molecular formula is C15H21ClN4O. The standard InChI is InChI=1S/C15H21ClN4O/c1-11(15(21)18-12-2-3-12)19-6-8-20(9-7-19)14-4-5-17-10-13(14)16/h4-5,10-12H,2-3,6-9H2,1H3,(H,18,21)/t11-/m0/s1. The highest BCUT2D eigenvalue weighted by molar-refractivity contribution is 6.33. The molecule has 1 atom stereocenters. The van der Waals surface area contributed by atoms with Crippen LogP contribution in [0.15, 0.2) is 18.5 Å². The van der Waals surface area contributed by atoms with E-state index in [4.69, 9.17) is 11.6 Å². The minimum atomic E-state index is -0.0549. The third-order valence-electron chi connectivity index (χ3n) is 4.26. The van der Waals surface area contributed by atoms with Gasteiger partial charge in [-0.05, 0) is 25.8 Å². The predicted molar refractivity (Wildman–Crippen MR) is 83.7 cm³/mol.